The van der Waals surface area contributed by atoms with Crippen molar-refractivity contribution >= 4 is 11.2 Å². The zero-order valence-electron chi connectivity index (χ0n) is 9.06. The fraction of sp³-hybridized carbons (Fsp3) is 0.444. The Morgan fingerprint density at radius 3 is 2.94 bits per heavy atom. The average molecular weight is 224 g/mol. The minimum absolute atomic E-state index is 0.238. The number of nitrogens with one attached hydrogen (secondary N) is 1. The third-order valence-corrected chi connectivity index (χ3v) is 2.30. The van der Waals surface area contributed by atoms with Gasteiger partial charge in [-0.05, 0) is 6.92 Å². The largest absolute Gasteiger partial charge is 0.361 e. The Labute approximate surface area is 90.3 Å². The van der Waals surface area contributed by atoms with Gasteiger partial charge in [-0.3, -0.25) is 18.9 Å². The second-order valence-corrected chi connectivity index (χ2v) is 3.33. The van der Waals surface area contributed by atoms with Crippen LogP contribution in [-0.2, 0) is 18.5 Å². The van der Waals surface area contributed by atoms with Crippen molar-refractivity contribution in [2.24, 2.45) is 7.05 Å². The van der Waals surface area contributed by atoms with Gasteiger partial charge in [-0.1, -0.05) is 0 Å². The number of fused-ring (bicyclic) bond motifs is 1. The number of aromatic amines is 1. The summed E-state index contributed by atoms with van der Waals surface area (Å²) in [6.45, 7) is 2.69. The van der Waals surface area contributed by atoms with E-state index in [1.54, 1.807) is 11.6 Å². The number of aromatic nitrogens is 4. The molecule has 7 heteroatoms. The van der Waals surface area contributed by atoms with E-state index in [0.29, 0.717) is 12.3 Å². The van der Waals surface area contributed by atoms with Crippen LogP contribution in [0.5, 0.6) is 0 Å². The van der Waals surface area contributed by atoms with Crippen LogP contribution in [0.15, 0.2) is 15.9 Å². The van der Waals surface area contributed by atoms with Crippen molar-refractivity contribution in [3.63, 3.8) is 0 Å². The Hall–Kier alpha value is -1.89. The number of nitrogens with zero attached hydrogens (tertiary/aromatic N) is 3. The van der Waals surface area contributed by atoms with Crippen molar-refractivity contribution in [1.82, 2.24) is 19.1 Å². The van der Waals surface area contributed by atoms with E-state index in [1.807, 2.05) is 6.92 Å². The summed E-state index contributed by atoms with van der Waals surface area (Å²) in [5, 5.41) is 0. The van der Waals surface area contributed by atoms with Crippen LogP contribution in [0.4, 0.5) is 0 Å². The van der Waals surface area contributed by atoms with Gasteiger partial charge in [0.1, 0.15) is 6.73 Å². The maximum absolute atomic E-state index is 11.5. The third-order valence-electron chi connectivity index (χ3n) is 2.30. The summed E-state index contributed by atoms with van der Waals surface area (Å²) in [6, 6.07) is 0. The Balaban J connectivity index is 2.70. The lowest BCUT2D eigenvalue weighted by atomic mass is 10.5. The molecule has 0 aromatic carbocycles. The summed E-state index contributed by atoms with van der Waals surface area (Å²) < 4.78 is 8.17. The van der Waals surface area contributed by atoms with Crippen LogP contribution in [-0.4, -0.2) is 25.7 Å². The molecule has 2 rings (SSSR count). The summed E-state index contributed by atoms with van der Waals surface area (Å²) in [5.74, 6) is 0. The van der Waals surface area contributed by atoms with Crippen LogP contribution in [0.2, 0.25) is 0 Å². The predicted octanol–water partition coefficient (Wildman–Crippen LogP) is -0.583. The van der Waals surface area contributed by atoms with Crippen molar-refractivity contribution in [3.8, 4) is 0 Å². The first kappa shape index (κ1) is 10.6. The first-order valence-electron chi connectivity index (χ1n) is 4.87. The number of ether oxygens (including phenoxy) is 1. The molecule has 2 heterocycles. The lowest BCUT2D eigenvalue weighted by molar-refractivity contribution is 0.0898. The number of H-pyrrole nitrogens is 1. The van der Waals surface area contributed by atoms with Gasteiger partial charge in [0.25, 0.3) is 5.56 Å². The Bertz CT molecular complexity index is 622. The zero-order valence-corrected chi connectivity index (χ0v) is 9.06. The SMILES string of the molecule is CCOCn1cnc2c(=O)[nH]c(=O)n(C)c21. The smallest absolute Gasteiger partial charge is 0.329 e. The normalized spacial score (nSPS) is 11.1. The molecule has 2 aromatic rings. The molecule has 0 fully saturated rings. The van der Waals surface area contributed by atoms with Crippen LogP contribution < -0.4 is 11.2 Å². The van der Waals surface area contributed by atoms with E-state index in [4.69, 9.17) is 4.74 Å². The van der Waals surface area contributed by atoms with Gasteiger partial charge >= 0.3 is 5.69 Å². The molecule has 0 aliphatic rings. The average Bonchev–Trinajstić information content (AvgIpc) is 2.67. The van der Waals surface area contributed by atoms with Crippen LogP contribution in [0, 0.1) is 0 Å². The zero-order chi connectivity index (χ0) is 11.7. The van der Waals surface area contributed by atoms with Crippen LogP contribution in [0.25, 0.3) is 11.2 Å². The molecule has 0 saturated carbocycles. The highest BCUT2D eigenvalue weighted by molar-refractivity contribution is 5.69. The van der Waals surface area contributed by atoms with E-state index < -0.39 is 11.2 Å². The molecule has 1 N–H and O–H groups in total. The van der Waals surface area contributed by atoms with Gasteiger partial charge in [-0.25, -0.2) is 9.78 Å². The molecule has 0 aliphatic carbocycles. The monoisotopic (exact) mass is 224 g/mol. The highest BCUT2D eigenvalue weighted by Gasteiger charge is 2.10. The van der Waals surface area contributed by atoms with Crippen molar-refractivity contribution in [1.29, 1.82) is 0 Å². The molecule has 0 spiro atoms. The summed E-state index contributed by atoms with van der Waals surface area (Å²) in [5.41, 5.74) is -0.242. The fourth-order valence-electron chi connectivity index (χ4n) is 1.51. The molecule has 0 unspecified atom stereocenters. The Morgan fingerprint density at radius 1 is 1.50 bits per heavy atom. The van der Waals surface area contributed by atoms with Crippen molar-refractivity contribution in [2.75, 3.05) is 6.61 Å². The summed E-state index contributed by atoms with van der Waals surface area (Å²) >= 11 is 0. The maximum atomic E-state index is 11.5. The van der Waals surface area contributed by atoms with Crippen LogP contribution >= 0.6 is 0 Å². The highest BCUT2D eigenvalue weighted by atomic mass is 16.5. The second-order valence-electron chi connectivity index (χ2n) is 3.33. The molecule has 0 saturated heterocycles. The predicted molar refractivity (Wildman–Crippen MR) is 57.2 cm³/mol. The summed E-state index contributed by atoms with van der Waals surface area (Å²) in [7, 11) is 1.57. The van der Waals surface area contributed by atoms with Gasteiger partial charge in [-0.2, -0.15) is 0 Å². The van der Waals surface area contributed by atoms with E-state index in [9.17, 15) is 9.59 Å². The molecule has 7 nitrogen and oxygen atoms in total. The van der Waals surface area contributed by atoms with Gasteiger partial charge in [0, 0.05) is 13.7 Å². The van der Waals surface area contributed by atoms with E-state index in [0.717, 1.165) is 0 Å². The maximum Gasteiger partial charge on any atom is 0.329 e. The van der Waals surface area contributed by atoms with E-state index in [-0.39, 0.29) is 12.2 Å². The van der Waals surface area contributed by atoms with Gasteiger partial charge in [0.15, 0.2) is 11.2 Å². The van der Waals surface area contributed by atoms with Crippen molar-refractivity contribution < 1.29 is 4.74 Å². The first-order chi connectivity index (χ1) is 7.65. The van der Waals surface area contributed by atoms with Gasteiger partial charge in [-0.15, -0.1) is 0 Å². The third kappa shape index (κ3) is 1.54. The lowest BCUT2D eigenvalue weighted by Gasteiger charge is -2.06. The number of hydrogen-bond donors (Lipinski definition) is 1. The summed E-state index contributed by atoms with van der Waals surface area (Å²) in [4.78, 5) is 29.0. The fourth-order valence-corrected chi connectivity index (χ4v) is 1.51. The highest BCUT2D eigenvalue weighted by Crippen LogP contribution is 2.04. The number of rotatable bonds is 3. The van der Waals surface area contributed by atoms with Gasteiger partial charge in [0.05, 0.1) is 6.33 Å². The molecule has 0 radical (unpaired) electrons. The molecule has 0 bridgehead atoms. The molecule has 2 aromatic heterocycles. The van der Waals surface area contributed by atoms with E-state index in [2.05, 4.69) is 9.97 Å². The quantitative estimate of drug-likeness (QED) is 0.756. The topological polar surface area (TPSA) is 81.9 Å². The van der Waals surface area contributed by atoms with Crippen molar-refractivity contribution in [3.05, 3.63) is 27.2 Å². The first-order valence-corrected chi connectivity index (χ1v) is 4.87. The number of hydrogen-bond acceptors (Lipinski definition) is 4. The van der Waals surface area contributed by atoms with E-state index >= 15 is 0 Å². The number of imidazole rings is 1. The molecule has 0 aliphatic heterocycles. The Kier molecular flexibility index (Phi) is 2.61. The molecule has 0 atom stereocenters. The Morgan fingerprint density at radius 2 is 2.25 bits per heavy atom. The van der Waals surface area contributed by atoms with Gasteiger partial charge in [0.2, 0.25) is 0 Å². The molecule has 16 heavy (non-hydrogen) atoms. The lowest BCUT2D eigenvalue weighted by Crippen LogP contribution is -2.29. The second kappa shape index (κ2) is 3.93. The van der Waals surface area contributed by atoms with E-state index in [1.165, 1.54) is 10.9 Å². The summed E-state index contributed by atoms with van der Waals surface area (Å²) in [6.07, 6.45) is 1.48. The van der Waals surface area contributed by atoms with Gasteiger partial charge < -0.3 is 4.74 Å². The van der Waals surface area contributed by atoms with Crippen LogP contribution in [0.1, 0.15) is 6.92 Å². The molecule has 0 amide bonds. The molecule has 86 valence electrons. The standard InChI is InChI=1S/C9H12N4O3/c1-3-16-5-13-4-10-6-7(14)11-9(15)12(2)8(6)13/h4H,3,5H2,1-2H3,(H,11,14,15). The minimum Gasteiger partial charge on any atom is -0.361 e. The molecular formula is C9H12N4O3. The van der Waals surface area contributed by atoms with Crippen LogP contribution in [0.3, 0.4) is 0 Å². The molecular weight excluding hydrogens is 212 g/mol. The number of aryl methyl sites for hydroxylation is 1. The minimum atomic E-state index is -0.478. The van der Waals surface area contributed by atoms with Crippen molar-refractivity contribution in [2.45, 2.75) is 13.7 Å².